The van der Waals surface area contributed by atoms with E-state index in [4.69, 9.17) is 26.7 Å². The summed E-state index contributed by atoms with van der Waals surface area (Å²) in [5, 5.41) is 93.8. The van der Waals surface area contributed by atoms with Crippen LogP contribution < -0.4 is 22.5 Å². The Balaban J connectivity index is 1.19. The largest absolute Gasteiger partial charge is 0.510 e. The van der Waals surface area contributed by atoms with Crippen molar-refractivity contribution in [1.82, 2.24) is 0 Å². The van der Waals surface area contributed by atoms with Crippen LogP contribution in [0.3, 0.4) is 0 Å². The van der Waals surface area contributed by atoms with Crippen LogP contribution in [0.25, 0.3) is 0 Å². The van der Waals surface area contributed by atoms with E-state index in [1.165, 1.54) is 31.2 Å². The molecule has 6 aliphatic rings. The van der Waals surface area contributed by atoms with E-state index < -0.39 is 168 Å². The lowest BCUT2D eigenvalue weighted by molar-refractivity contribution is -0.173. The predicted molar refractivity (Wildman–Crippen MR) is 210 cm³/mol. The second-order valence-corrected chi connectivity index (χ2v) is 16.2. The number of ether oxygens (including phenoxy) is 2. The van der Waals surface area contributed by atoms with E-state index in [-0.39, 0.29) is 36.1 Å². The normalized spacial score (nSPS) is 32.3. The summed E-state index contributed by atoms with van der Waals surface area (Å²) < 4.78 is 11.4. The van der Waals surface area contributed by atoms with Gasteiger partial charge >= 0.3 is 5.97 Å². The Morgan fingerprint density at radius 1 is 0.746 bits per heavy atom. The Labute approximate surface area is 354 Å². The molecule has 10 atom stereocenters. The molecule has 0 radical (unpaired) electrons. The third kappa shape index (κ3) is 5.56. The minimum absolute atomic E-state index is 0.0741. The second kappa shape index (κ2) is 14.3. The minimum atomic E-state index is -3.32. The van der Waals surface area contributed by atoms with Crippen LogP contribution in [0.15, 0.2) is 75.7 Å². The summed E-state index contributed by atoms with van der Waals surface area (Å²) >= 11 is 0. The first kappa shape index (κ1) is 42.8. The molecule has 8 rings (SSSR count). The molecule has 15 N–H and O–H groups in total. The SMILES string of the molecule is CCO[C@H]1[C@H]2[C@H](N)C(O)=C(C(N)=O)C(=O)[C@@]2(O)C(O)=C2C(=O)c3c(ccc(NC(=O)C4=C(O)[C@@H](N)[C@@H]5[C@H](OC(C)=O)[C@@H]6Cc7cccc(O)c7C(=O)C6=C(O)[C@]5(O)C4=O)c3O)C[C@H]21. The van der Waals surface area contributed by atoms with E-state index in [2.05, 4.69) is 5.32 Å². The summed E-state index contributed by atoms with van der Waals surface area (Å²) in [7, 11) is 0. The monoisotopic (exact) mass is 872 g/mol. The molecule has 0 fully saturated rings. The van der Waals surface area contributed by atoms with E-state index in [1.54, 1.807) is 0 Å². The summed E-state index contributed by atoms with van der Waals surface area (Å²) in [6.45, 7) is 2.42. The van der Waals surface area contributed by atoms with Gasteiger partial charge in [-0.2, -0.15) is 0 Å². The maximum atomic E-state index is 14.4. The number of benzene rings is 2. The molecule has 6 aliphatic carbocycles. The van der Waals surface area contributed by atoms with Gasteiger partial charge in [-0.1, -0.05) is 18.2 Å². The average Bonchev–Trinajstić information content (AvgIpc) is 3.21. The number of fused-ring (bicyclic) bond motifs is 6. The summed E-state index contributed by atoms with van der Waals surface area (Å²) in [4.78, 5) is 95.0. The summed E-state index contributed by atoms with van der Waals surface area (Å²) in [6, 6.07) is 2.80. The van der Waals surface area contributed by atoms with Gasteiger partial charge in [-0.3, -0.25) is 33.6 Å². The number of primary amides is 1. The van der Waals surface area contributed by atoms with Crippen molar-refractivity contribution in [2.75, 3.05) is 11.9 Å². The van der Waals surface area contributed by atoms with Crippen molar-refractivity contribution in [2.45, 2.75) is 62.2 Å². The number of anilines is 1. The Kier molecular flexibility index (Phi) is 9.72. The lowest BCUT2D eigenvalue weighted by Gasteiger charge is -2.51. The molecule has 330 valence electrons. The predicted octanol–water partition coefficient (Wildman–Crippen LogP) is -0.941. The number of amides is 2. The number of rotatable bonds is 6. The summed E-state index contributed by atoms with van der Waals surface area (Å²) in [5.41, 5.74) is 6.64. The van der Waals surface area contributed by atoms with Gasteiger partial charge in [0.15, 0.2) is 28.5 Å². The van der Waals surface area contributed by atoms with Gasteiger partial charge < -0.3 is 72.8 Å². The lowest BCUT2D eigenvalue weighted by atomic mass is 9.57. The number of nitrogens with one attached hydrogen (secondary N) is 1. The molecule has 2 aromatic rings. The van der Waals surface area contributed by atoms with Gasteiger partial charge in [0.25, 0.3) is 11.8 Å². The maximum absolute atomic E-state index is 14.4. The number of carbonyl (C=O) groups is 7. The molecule has 0 saturated carbocycles. The van der Waals surface area contributed by atoms with Gasteiger partial charge in [-0.25, -0.2) is 0 Å². The fourth-order valence-corrected chi connectivity index (χ4v) is 10.4. The van der Waals surface area contributed by atoms with Gasteiger partial charge in [-0.05, 0) is 43.0 Å². The van der Waals surface area contributed by atoms with E-state index in [1.807, 2.05) is 0 Å². The van der Waals surface area contributed by atoms with Crippen LogP contribution in [0.4, 0.5) is 5.69 Å². The van der Waals surface area contributed by atoms with Crippen LogP contribution >= 0.6 is 0 Å². The molecule has 63 heavy (non-hydrogen) atoms. The number of hydrogen-bond acceptors (Lipinski definition) is 19. The van der Waals surface area contributed by atoms with Gasteiger partial charge in [0, 0.05) is 36.5 Å². The number of ketones is 4. The first-order chi connectivity index (χ1) is 29.6. The average molecular weight is 873 g/mol. The van der Waals surface area contributed by atoms with E-state index in [9.17, 15) is 74.4 Å². The zero-order valence-corrected chi connectivity index (χ0v) is 33.1. The highest BCUT2D eigenvalue weighted by Gasteiger charge is 2.68. The Bertz CT molecular complexity index is 2680. The van der Waals surface area contributed by atoms with Crippen LogP contribution in [-0.4, -0.2) is 124 Å². The summed E-state index contributed by atoms with van der Waals surface area (Å²) in [6.07, 6.45) is -3.47. The maximum Gasteiger partial charge on any atom is 0.302 e. The van der Waals surface area contributed by atoms with Crippen molar-refractivity contribution in [3.05, 3.63) is 97.9 Å². The van der Waals surface area contributed by atoms with Crippen LogP contribution in [0, 0.1) is 23.7 Å². The number of Topliss-reactive ketones (excluding diaryl/α,β-unsaturated/α-hetero) is 4. The van der Waals surface area contributed by atoms with Gasteiger partial charge in [0.05, 0.1) is 46.8 Å². The van der Waals surface area contributed by atoms with Gasteiger partial charge in [-0.15, -0.1) is 0 Å². The highest BCUT2D eigenvalue weighted by Crippen LogP contribution is 2.55. The number of aromatic hydroxyl groups is 2. The standard InChI is InChI=1S/C42H40N4O17/c1-3-62-33-14-10-13-7-8-16(28(49)19(13)30(51)20(14)35(54)41(60)24(33)26(43)31(52)22(37(41)56)39(45)58)46-40(59)23-32(53)27(44)25-34(63-11(2)47)15-9-12-5-4-6-17(48)18(12)29(50)21(15)36(55)42(25,61)38(23)57/h4-8,14-15,24-27,33-34,48-49,52-55,60-61H,3,9-10,43-44H2,1-2H3,(H2,45,58)(H,46,59)/t14-,15-,24-,25-,26+,27+,33-,34-,41+,42+/m1/s1. The van der Waals surface area contributed by atoms with Crippen molar-refractivity contribution in [3.8, 4) is 11.5 Å². The third-order valence-electron chi connectivity index (χ3n) is 13.1. The van der Waals surface area contributed by atoms with Crippen molar-refractivity contribution in [3.63, 3.8) is 0 Å². The highest BCUT2D eigenvalue weighted by molar-refractivity contribution is 6.29. The zero-order chi connectivity index (χ0) is 46.1. The van der Waals surface area contributed by atoms with Crippen LogP contribution in [0.5, 0.6) is 11.5 Å². The Morgan fingerprint density at radius 2 is 1.25 bits per heavy atom. The molecule has 0 heterocycles. The van der Waals surface area contributed by atoms with Crippen molar-refractivity contribution in [2.24, 2.45) is 40.9 Å². The van der Waals surface area contributed by atoms with Crippen LogP contribution in [-0.2, 0) is 46.3 Å². The molecule has 0 bridgehead atoms. The van der Waals surface area contributed by atoms with Gasteiger partial charge in [0.1, 0.15) is 46.0 Å². The molecule has 0 aromatic heterocycles. The lowest BCUT2D eigenvalue weighted by Crippen LogP contribution is -2.68. The van der Waals surface area contributed by atoms with Crippen LogP contribution in [0.1, 0.15) is 45.7 Å². The summed E-state index contributed by atoms with van der Waals surface area (Å²) in [5.74, 6) is -21.7. The molecular weight excluding hydrogens is 832 g/mol. The van der Waals surface area contributed by atoms with E-state index in [0.717, 1.165) is 13.0 Å². The second-order valence-electron chi connectivity index (χ2n) is 16.2. The van der Waals surface area contributed by atoms with Crippen molar-refractivity contribution in [1.29, 1.82) is 0 Å². The van der Waals surface area contributed by atoms with Gasteiger partial charge in [0.2, 0.25) is 11.6 Å². The first-order valence-corrected chi connectivity index (χ1v) is 19.5. The Morgan fingerprint density at radius 3 is 1.81 bits per heavy atom. The van der Waals surface area contributed by atoms with Crippen molar-refractivity contribution < 1.29 is 83.9 Å². The molecular formula is C42H40N4O17. The van der Waals surface area contributed by atoms with E-state index >= 15 is 0 Å². The molecule has 0 aliphatic heterocycles. The van der Waals surface area contributed by atoms with Crippen LogP contribution in [0.2, 0.25) is 0 Å². The number of phenolic OH excluding ortho intramolecular Hbond substituents is 2. The molecule has 2 amide bonds. The Hall–Kier alpha value is -6.91. The third-order valence-corrected chi connectivity index (χ3v) is 13.1. The number of esters is 1. The fourth-order valence-electron chi connectivity index (χ4n) is 10.4. The topological polar surface area (TPSA) is 390 Å². The quantitative estimate of drug-likeness (QED) is 0.0946. The molecule has 2 aromatic carbocycles. The highest BCUT2D eigenvalue weighted by atomic mass is 16.5. The number of hydrogen-bond donors (Lipinski definition) is 12. The number of phenols is 2. The van der Waals surface area contributed by atoms with E-state index in [0.29, 0.717) is 0 Å². The molecule has 21 heteroatoms. The number of aliphatic hydroxyl groups excluding tert-OH is 4. The first-order valence-electron chi connectivity index (χ1n) is 19.5. The fraction of sp³-hybridized carbons (Fsp3) is 0.357. The molecule has 0 saturated heterocycles. The van der Waals surface area contributed by atoms with Crippen molar-refractivity contribution >= 4 is 46.6 Å². The number of nitrogens with two attached hydrogens (primary N) is 3. The number of aliphatic hydroxyl groups is 6. The number of carbonyl (C=O) groups excluding carboxylic acids is 7. The minimum Gasteiger partial charge on any atom is -0.510 e. The molecule has 0 spiro atoms. The smallest absolute Gasteiger partial charge is 0.302 e. The zero-order valence-electron chi connectivity index (χ0n) is 33.1. The molecule has 0 unspecified atom stereocenters. The molecule has 21 nitrogen and oxygen atoms in total.